The molecule has 0 unspecified atom stereocenters. The summed E-state index contributed by atoms with van der Waals surface area (Å²) in [6.45, 7) is 4.62. The van der Waals surface area contributed by atoms with Crippen molar-refractivity contribution >= 4 is 23.5 Å². The minimum Gasteiger partial charge on any atom is -0.449 e. The lowest BCUT2D eigenvalue weighted by molar-refractivity contribution is 0.102. The van der Waals surface area contributed by atoms with E-state index in [1.807, 2.05) is 50.2 Å². The van der Waals surface area contributed by atoms with E-state index in [0.717, 1.165) is 16.8 Å². The smallest absolute Gasteiger partial charge is 0.407 e. The van der Waals surface area contributed by atoms with Crippen LogP contribution in [0.4, 0.5) is 16.3 Å². The predicted octanol–water partition coefficient (Wildman–Crippen LogP) is 4.47. The summed E-state index contributed by atoms with van der Waals surface area (Å²) in [6.07, 6.45) is -0.463. The quantitative estimate of drug-likeness (QED) is 0.525. The zero-order valence-corrected chi connectivity index (χ0v) is 17.6. The average Bonchev–Trinajstić information content (AvgIpc) is 2.78. The molecule has 0 spiro atoms. The van der Waals surface area contributed by atoms with E-state index in [1.165, 1.54) is 0 Å². The zero-order chi connectivity index (χ0) is 22.2. The first-order valence-corrected chi connectivity index (χ1v) is 10.0. The fraction of sp³-hybridized carbons (Fsp3) is 0.208. The number of nitrogens with one attached hydrogen (secondary N) is 2. The van der Waals surface area contributed by atoms with Gasteiger partial charge in [-0.3, -0.25) is 4.79 Å². The molecular formula is C24H26N4O3. The fourth-order valence-electron chi connectivity index (χ4n) is 2.76. The van der Waals surface area contributed by atoms with Crippen molar-refractivity contribution in [3.63, 3.8) is 0 Å². The Bertz CT molecular complexity index is 1030. The highest BCUT2D eigenvalue weighted by Gasteiger charge is 2.11. The molecule has 7 nitrogen and oxygen atoms in total. The second-order valence-corrected chi connectivity index (χ2v) is 7.50. The second kappa shape index (κ2) is 10.2. The van der Waals surface area contributed by atoms with Crippen molar-refractivity contribution in [1.29, 1.82) is 0 Å². The van der Waals surface area contributed by atoms with Crippen LogP contribution in [0.1, 0.15) is 29.8 Å². The number of rotatable bonds is 7. The maximum Gasteiger partial charge on any atom is 0.407 e. The molecule has 0 saturated carbocycles. The monoisotopic (exact) mass is 418 g/mol. The summed E-state index contributed by atoms with van der Waals surface area (Å²) in [6, 6.07) is 20.1. The number of aromatic nitrogens is 1. The summed E-state index contributed by atoms with van der Waals surface area (Å²) in [5.74, 6) is 0.269. The SMILES string of the molecule is CC(C)COC(=O)NCc1ccc(C(=O)Nc2nc(-c3ccccc3)ccc2N)cc1. The maximum atomic E-state index is 12.6. The number of anilines is 2. The van der Waals surface area contributed by atoms with Crippen LogP contribution >= 0.6 is 0 Å². The van der Waals surface area contributed by atoms with Crippen LogP contribution in [0, 0.1) is 5.92 Å². The Kier molecular flexibility index (Phi) is 7.22. The van der Waals surface area contributed by atoms with E-state index in [-0.39, 0.29) is 11.8 Å². The summed E-state index contributed by atoms with van der Waals surface area (Å²) >= 11 is 0. The third kappa shape index (κ3) is 6.30. The van der Waals surface area contributed by atoms with E-state index in [1.54, 1.807) is 30.3 Å². The number of pyridine rings is 1. The number of ether oxygens (including phenoxy) is 1. The molecule has 2 amide bonds. The minimum absolute atomic E-state index is 0.278. The molecule has 1 heterocycles. The lowest BCUT2D eigenvalue weighted by Crippen LogP contribution is -2.25. The van der Waals surface area contributed by atoms with E-state index in [4.69, 9.17) is 10.5 Å². The largest absolute Gasteiger partial charge is 0.449 e. The lowest BCUT2D eigenvalue weighted by Gasteiger charge is -2.11. The van der Waals surface area contributed by atoms with Crippen molar-refractivity contribution in [2.24, 2.45) is 5.92 Å². The van der Waals surface area contributed by atoms with E-state index >= 15 is 0 Å². The molecule has 0 radical (unpaired) electrons. The van der Waals surface area contributed by atoms with Crippen LogP contribution in [-0.2, 0) is 11.3 Å². The number of hydrogen-bond donors (Lipinski definition) is 3. The van der Waals surface area contributed by atoms with Crippen molar-refractivity contribution in [2.75, 3.05) is 17.7 Å². The first-order chi connectivity index (χ1) is 14.9. The van der Waals surface area contributed by atoms with E-state index in [0.29, 0.717) is 30.2 Å². The molecule has 0 aliphatic rings. The highest BCUT2D eigenvalue weighted by molar-refractivity contribution is 6.05. The molecule has 7 heteroatoms. The highest BCUT2D eigenvalue weighted by atomic mass is 16.5. The van der Waals surface area contributed by atoms with Crippen LogP contribution in [-0.4, -0.2) is 23.6 Å². The molecule has 0 fully saturated rings. The van der Waals surface area contributed by atoms with Gasteiger partial charge < -0.3 is 21.1 Å². The number of hydrogen-bond acceptors (Lipinski definition) is 5. The first-order valence-electron chi connectivity index (χ1n) is 10.0. The van der Waals surface area contributed by atoms with Gasteiger partial charge in [-0.25, -0.2) is 9.78 Å². The summed E-state index contributed by atoms with van der Waals surface area (Å²) in [5.41, 5.74) is 9.34. The summed E-state index contributed by atoms with van der Waals surface area (Å²) in [5, 5.41) is 5.45. The van der Waals surface area contributed by atoms with Crippen molar-refractivity contribution in [2.45, 2.75) is 20.4 Å². The number of benzene rings is 2. The van der Waals surface area contributed by atoms with Crippen LogP contribution < -0.4 is 16.4 Å². The number of carbonyl (C=O) groups is 2. The number of nitrogens with two attached hydrogens (primary N) is 1. The van der Waals surface area contributed by atoms with Crippen molar-refractivity contribution in [1.82, 2.24) is 10.3 Å². The van der Waals surface area contributed by atoms with Crippen LogP contribution in [0.25, 0.3) is 11.3 Å². The topological polar surface area (TPSA) is 106 Å². The van der Waals surface area contributed by atoms with E-state index < -0.39 is 6.09 Å². The summed E-state index contributed by atoms with van der Waals surface area (Å²) in [7, 11) is 0. The van der Waals surface area contributed by atoms with Gasteiger partial charge in [-0.05, 0) is 35.7 Å². The normalized spacial score (nSPS) is 10.5. The number of nitrogen functional groups attached to an aromatic ring is 1. The van der Waals surface area contributed by atoms with Crippen LogP contribution in [0.3, 0.4) is 0 Å². The molecular weight excluding hydrogens is 392 g/mol. The van der Waals surface area contributed by atoms with Gasteiger partial charge in [0.2, 0.25) is 0 Å². The summed E-state index contributed by atoms with van der Waals surface area (Å²) in [4.78, 5) is 28.8. The van der Waals surface area contributed by atoms with Gasteiger partial charge in [0, 0.05) is 17.7 Å². The fourth-order valence-corrected chi connectivity index (χ4v) is 2.76. The van der Waals surface area contributed by atoms with Gasteiger partial charge in [0.05, 0.1) is 18.0 Å². The van der Waals surface area contributed by atoms with Crippen molar-refractivity contribution in [3.05, 3.63) is 77.9 Å². The number of nitrogens with zero attached hydrogens (tertiary/aromatic N) is 1. The molecule has 2 aromatic carbocycles. The van der Waals surface area contributed by atoms with Crippen molar-refractivity contribution < 1.29 is 14.3 Å². The molecule has 0 aliphatic carbocycles. The number of amides is 2. The van der Waals surface area contributed by atoms with Crippen LogP contribution in [0.15, 0.2) is 66.7 Å². The van der Waals surface area contributed by atoms with Gasteiger partial charge in [-0.2, -0.15) is 0 Å². The van der Waals surface area contributed by atoms with Gasteiger partial charge in [0.25, 0.3) is 5.91 Å². The lowest BCUT2D eigenvalue weighted by atomic mass is 10.1. The molecule has 1 aromatic heterocycles. The Balaban J connectivity index is 1.61. The van der Waals surface area contributed by atoms with Gasteiger partial charge in [-0.15, -0.1) is 0 Å². The highest BCUT2D eigenvalue weighted by Crippen LogP contribution is 2.23. The average molecular weight is 418 g/mol. The Morgan fingerprint density at radius 2 is 1.71 bits per heavy atom. The van der Waals surface area contributed by atoms with Gasteiger partial charge in [0.15, 0.2) is 5.82 Å². The third-order valence-corrected chi connectivity index (χ3v) is 4.43. The molecule has 3 rings (SSSR count). The molecule has 0 bridgehead atoms. The Morgan fingerprint density at radius 1 is 1.00 bits per heavy atom. The predicted molar refractivity (Wildman–Crippen MR) is 122 cm³/mol. The number of alkyl carbamates (subject to hydrolysis) is 1. The maximum absolute atomic E-state index is 12.6. The minimum atomic E-state index is -0.463. The van der Waals surface area contributed by atoms with Gasteiger partial charge in [-0.1, -0.05) is 56.3 Å². The number of carbonyl (C=O) groups excluding carboxylic acids is 2. The van der Waals surface area contributed by atoms with Gasteiger partial charge in [0.1, 0.15) is 0 Å². The first kappa shape index (κ1) is 21.8. The molecule has 4 N–H and O–H groups in total. The van der Waals surface area contributed by atoms with E-state index in [9.17, 15) is 9.59 Å². The standard InChI is InChI=1S/C24H26N4O3/c1-16(2)15-31-24(30)26-14-17-8-10-19(11-9-17)23(29)28-22-20(25)12-13-21(27-22)18-6-4-3-5-7-18/h3-13,16H,14-15,25H2,1-2H3,(H,26,30)(H,27,28,29). The Morgan fingerprint density at radius 3 is 2.39 bits per heavy atom. The molecule has 0 saturated heterocycles. The molecule has 3 aromatic rings. The molecule has 0 atom stereocenters. The van der Waals surface area contributed by atoms with Gasteiger partial charge >= 0.3 is 6.09 Å². The third-order valence-electron chi connectivity index (χ3n) is 4.43. The second-order valence-electron chi connectivity index (χ2n) is 7.50. The Hall–Kier alpha value is -3.87. The zero-order valence-electron chi connectivity index (χ0n) is 17.6. The van der Waals surface area contributed by atoms with Crippen LogP contribution in [0.2, 0.25) is 0 Å². The molecule has 0 aliphatic heterocycles. The van der Waals surface area contributed by atoms with E-state index in [2.05, 4.69) is 15.6 Å². The molecule has 31 heavy (non-hydrogen) atoms. The Labute approximate surface area is 181 Å². The van der Waals surface area contributed by atoms with Crippen molar-refractivity contribution in [3.8, 4) is 11.3 Å². The molecule has 160 valence electrons. The van der Waals surface area contributed by atoms with Crippen LogP contribution in [0.5, 0.6) is 0 Å². The summed E-state index contributed by atoms with van der Waals surface area (Å²) < 4.78 is 5.07.